The average molecular weight is 212 g/mol. The van der Waals surface area contributed by atoms with Gasteiger partial charge in [-0.2, -0.15) is 4.37 Å². The number of carbonyl (C=O) groups is 1. The van der Waals surface area contributed by atoms with Gasteiger partial charge in [-0.3, -0.25) is 0 Å². The Balaban J connectivity index is 1.94. The lowest BCUT2D eigenvalue weighted by Gasteiger charge is -2.26. The Hall–Kier alpha value is -0.940. The quantitative estimate of drug-likeness (QED) is 0.793. The van der Waals surface area contributed by atoms with Gasteiger partial charge in [0.15, 0.2) is 0 Å². The summed E-state index contributed by atoms with van der Waals surface area (Å²) >= 11 is 1.26. The highest BCUT2D eigenvalue weighted by molar-refractivity contribution is 7.06. The molecule has 0 aliphatic heterocycles. The largest absolute Gasteiger partial charge is 0.478 e. The molecule has 0 atom stereocenters. The Bertz CT molecular complexity index is 333. The fourth-order valence-electron chi connectivity index (χ4n) is 1.42. The van der Waals surface area contributed by atoms with Crippen molar-refractivity contribution in [2.24, 2.45) is 0 Å². The third-order valence-electron chi connectivity index (χ3n) is 2.53. The van der Waals surface area contributed by atoms with Gasteiger partial charge in [-0.25, -0.2) is 4.79 Å². The van der Waals surface area contributed by atoms with Crippen LogP contribution in [0, 0.1) is 0 Å². The molecule has 1 aliphatic carbocycles. The monoisotopic (exact) mass is 212 g/mol. The maximum absolute atomic E-state index is 10.7. The number of carboxylic acids is 1. The molecule has 76 valence electrons. The van der Waals surface area contributed by atoms with Crippen LogP contribution in [0.3, 0.4) is 0 Å². The van der Waals surface area contributed by atoms with Gasteiger partial charge in [-0.1, -0.05) is 6.42 Å². The highest BCUT2D eigenvalue weighted by atomic mass is 32.1. The van der Waals surface area contributed by atoms with Crippen LogP contribution in [-0.4, -0.2) is 21.5 Å². The molecule has 14 heavy (non-hydrogen) atoms. The number of aromatic carboxylic acids is 1. The molecule has 4 nitrogen and oxygen atoms in total. The van der Waals surface area contributed by atoms with E-state index < -0.39 is 5.97 Å². The van der Waals surface area contributed by atoms with Crippen molar-refractivity contribution in [3.8, 4) is 0 Å². The fourth-order valence-corrected chi connectivity index (χ4v) is 2.09. The Labute approximate surface area is 86.1 Å². The van der Waals surface area contributed by atoms with E-state index in [9.17, 15) is 4.79 Å². The van der Waals surface area contributed by atoms with E-state index in [1.54, 1.807) is 0 Å². The lowest BCUT2D eigenvalue weighted by atomic mass is 9.93. The number of hydrogen-bond acceptors (Lipinski definition) is 4. The van der Waals surface area contributed by atoms with Crippen LogP contribution in [-0.2, 0) is 6.54 Å². The Morgan fingerprint density at radius 1 is 1.71 bits per heavy atom. The van der Waals surface area contributed by atoms with Gasteiger partial charge in [0, 0.05) is 12.6 Å². The number of nitrogens with one attached hydrogen (secondary N) is 1. The molecule has 0 amide bonds. The van der Waals surface area contributed by atoms with E-state index in [1.807, 2.05) is 0 Å². The van der Waals surface area contributed by atoms with Gasteiger partial charge in [-0.15, -0.1) is 0 Å². The summed E-state index contributed by atoms with van der Waals surface area (Å²) < 4.78 is 3.89. The van der Waals surface area contributed by atoms with E-state index >= 15 is 0 Å². The summed E-state index contributed by atoms with van der Waals surface area (Å²) in [5.74, 6) is -0.885. The molecule has 0 aromatic carbocycles. The highest BCUT2D eigenvalue weighted by Gasteiger charge is 2.18. The van der Waals surface area contributed by atoms with Gasteiger partial charge >= 0.3 is 5.97 Å². The second kappa shape index (κ2) is 4.06. The first-order valence-electron chi connectivity index (χ1n) is 4.67. The van der Waals surface area contributed by atoms with Crippen molar-refractivity contribution < 1.29 is 9.90 Å². The van der Waals surface area contributed by atoms with Crippen molar-refractivity contribution in [1.29, 1.82) is 0 Å². The Kier molecular flexibility index (Phi) is 2.79. The molecular weight excluding hydrogens is 200 g/mol. The Morgan fingerprint density at radius 3 is 3.07 bits per heavy atom. The zero-order valence-electron chi connectivity index (χ0n) is 7.69. The van der Waals surface area contributed by atoms with Gasteiger partial charge in [-0.05, 0) is 24.4 Å². The van der Waals surface area contributed by atoms with E-state index in [4.69, 9.17) is 5.11 Å². The normalized spacial score (nSPS) is 16.6. The van der Waals surface area contributed by atoms with Gasteiger partial charge < -0.3 is 10.4 Å². The summed E-state index contributed by atoms with van der Waals surface area (Å²) in [4.78, 5) is 11.6. The first-order chi connectivity index (χ1) is 6.77. The molecule has 1 aromatic heterocycles. The smallest absolute Gasteiger partial charge is 0.338 e. The van der Waals surface area contributed by atoms with E-state index in [0.29, 0.717) is 18.2 Å². The number of nitrogens with zero attached hydrogens (tertiary/aromatic N) is 1. The lowest BCUT2D eigenvalue weighted by molar-refractivity contribution is 0.0696. The third kappa shape index (κ3) is 1.93. The molecule has 1 heterocycles. The second-order valence-electron chi connectivity index (χ2n) is 3.48. The van der Waals surface area contributed by atoms with Crippen molar-refractivity contribution in [2.45, 2.75) is 31.8 Å². The number of carboxylic acid groups (broad SMARTS) is 1. The van der Waals surface area contributed by atoms with Crippen LogP contribution >= 0.6 is 11.5 Å². The first-order valence-corrected chi connectivity index (χ1v) is 5.45. The molecule has 2 rings (SSSR count). The summed E-state index contributed by atoms with van der Waals surface area (Å²) in [7, 11) is 0. The standard InChI is InChI=1S/C9H12N2O2S/c12-9(13)7-4-11-14-8(7)5-10-6-2-1-3-6/h4,6,10H,1-3,5H2,(H,12,13). The van der Waals surface area contributed by atoms with Gasteiger partial charge in [0.1, 0.15) is 0 Å². The number of aromatic nitrogens is 1. The van der Waals surface area contributed by atoms with Crippen molar-refractivity contribution in [3.63, 3.8) is 0 Å². The van der Waals surface area contributed by atoms with Crippen LogP contribution in [0.1, 0.15) is 34.5 Å². The van der Waals surface area contributed by atoms with Crippen molar-refractivity contribution in [1.82, 2.24) is 9.69 Å². The van der Waals surface area contributed by atoms with Crippen LogP contribution < -0.4 is 5.32 Å². The van der Waals surface area contributed by atoms with Crippen LogP contribution in [0.15, 0.2) is 6.20 Å². The molecule has 1 saturated carbocycles. The molecule has 0 radical (unpaired) electrons. The summed E-state index contributed by atoms with van der Waals surface area (Å²) in [5.41, 5.74) is 0.335. The van der Waals surface area contributed by atoms with Crippen LogP contribution in [0.4, 0.5) is 0 Å². The highest BCUT2D eigenvalue weighted by Crippen LogP contribution is 2.20. The van der Waals surface area contributed by atoms with Crippen molar-refractivity contribution >= 4 is 17.5 Å². The molecule has 0 bridgehead atoms. The number of rotatable bonds is 4. The van der Waals surface area contributed by atoms with E-state index in [-0.39, 0.29) is 0 Å². The van der Waals surface area contributed by atoms with Crippen LogP contribution in [0.2, 0.25) is 0 Å². The Morgan fingerprint density at radius 2 is 2.50 bits per heavy atom. The zero-order valence-corrected chi connectivity index (χ0v) is 8.51. The zero-order chi connectivity index (χ0) is 9.97. The second-order valence-corrected chi connectivity index (χ2v) is 4.36. The molecule has 1 aromatic rings. The predicted octanol–water partition coefficient (Wildman–Crippen LogP) is 1.48. The molecular formula is C9H12N2O2S. The summed E-state index contributed by atoms with van der Waals surface area (Å²) in [6.45, 7) is 0.636. The molecule has 0 unspecified atom stereocenters. The molecule has 5 heteroatoms. The van der Waals surface area contributed by atoms with Gasteiger partial charge in [0.2, 0.25) is 0 Å². The SMILES string of the molecule is O=C(O)c1cnsc1CNC1CCC1. The van der Waals surface area contributed by atoms with E-state index in [1.165, 1.54) is 37.0 Å². The van der Waals surface area contributed by atoms with Gasteiger partial charge in [0.25, 0.3) is 0 Å². The molecule has 2 N–H and O–H groups in total. The summed E-state index contributed by atoms with van der Waals surface area (Å²) in [6, 6.07) is 0.582. The van der Waals surface area contributed by atoms with Gasteiger partial charge in [0.05, 0.1) is 16.6 Å². The van der Waals surface area contributed by atoms with Crippen molar-refractivity contribution in [2.75, 3.05) is 0 Å². The average Bonchev–Trinajstić information content (AvgIpc) is 2.49. The minimum atomic E-state index is -0.885. The lowest BCUT2D eigenvalue weighted by Crippen LogP contribution is -2.34. The summed E-state index contributed by atoms with van der Waals surface area (Å²) in [5, 5.41) is 12.2. The molecule has 0 saturated heterocycles. The van der Waals surface area contributed by atoms with E-state index in [0.717, 1.165) is 4.88 Å². The van der Waals surface area contributed by atoms with Crippen molar-refractivity contribution in [3.05, 3.63) is 16.6 Å². The first kappa shape index (κ1) is 9.61. The minimum Gasteiger partial charge on any atom is -0.478 e. The topological polar surface area (TPSA) is 62.2 Å². The molecule has 1 fully saturated rings. The summed E-state index contributed by atoms with van der Waals surface area (Å²) in [6.07, 6.45) is 5.12. The fraction of sp³-hybridized carbons (Fsp3) is 0.556. The number of hydrogen-bond donors (Lipinski definition) is 2. The maximum atomic E-state index is 10.7. The van der Waals surface area contributed by atoms with Crippen LogP contribution in [0.25, 0.3) is 0 Å². The van der Waals surface area contributed by atoms with E-state index in [2.05, 4.69) is 9.69 Å². The predicted molar refractivity (Wildman–Crippen MR) is 53.6 cm³/mol. The third-order valence-corrected chi connectivity index (χ3v) is 3.33. The van der Waals surface area contributed by atoms with Crippen LogP contribution in [0.5, 0.6) is 0 Å². The molecule has 0 spiro atoms. The molecule has 1 aliphatic rings. The minimum absolute atomic E-state index is 0.335. The maximum Gasteiger partial charge on any atom is 0.338 e.